The van der Waals surface area contributed by atoms with Crippen molar-refractivity contribution in [1.82, 2.24) is 24.2 Å². The number of fused-ring (bicyclic) bond motifs is 1. The number of imidazole rings is 1. The van der Waals surface area contributed by atoms with E-state index >= 15 is 0 Å². The molecule has 1 aliphatic heterocycles. The molecule has 15 nitrogen and oxygen atoms in total. The van der Waals surface area contributed by atoms with Crippen molar-refractivity contribution in [2.45, 2.75) is 46.2 Å². The fourth-order valence-corrected chi connectivity index (χ4v) is 5.66. The topological polar surface area (TPSA) is 213 Å². The van der Waals surface area contributed by atoms with Crippen LogP contribution in [0.5, 0.6) is 0 Å². The second-order valence-electron chi connectivity index (χ2n) is 11.1. The summed E-state index contributed by atoms with van der Waals surface area (Å²) in [5.41, 5.74) is 13.6. The molecule has 1 fully saturated rings. The van der Waals surface area contributed by atoms with Gasteiger partial charge in [0.15, 0.2) is 0 Å². The highest BCUT2D eigenvalue weighted by molar-refractivity contribution is 5.97. The number of likely N-dealkylation sites (tertiary alicyclic amines) is 1. The van der Waals surface area contributed by atoms with Crippen LogP contribution in [0.3, 0.4) is 0 Å². The van der Waals surface area contributed by atoms with Crippen LogP contribution >= 0.6 is 0 Å². The molecule has 2 aromatic carbocycles. The fraction of sp³-hybridized carbons (Fsp3) is 0.367. The number of primary amides is 2. The highest BCUT2D eigenvalue weighted by Gasteiger charge is 2.24. The molecule has 5 rings (SSSR count). The minimum absolute atomic E-state index is 0.0588. The van der Waals surface area contributed by atoms with E-state index in [0.29, 0.717) is 49.1 Å². The molecule has 238 valence electrons. The smallest absolute Gasteiger partial charge is 0.248 e. The number of aryl methyl sites for hydroxylation is 3. The number of amides is 3. The molecule has 15 heteroatoms. The first-order valence-electron chi connectivity index (χ1n) is 14.8. The molecule has 3 heterocycles. The van der Waals surface area contributed by atoms with Crippen molar-refractivity contribution in [3.8, 4) is 0 Å². The van der Waals surface area contributed by atoms with Gasteiger partial charge in [-0.25, -0.2) is 9.67 Å². The number of anilines is 4. The summed E-state index contributed by atoms with van der Waals surface area (Å²) < 4.78 is 3.97. The minimum Gasteiger partial charge on any atom is -0.733 e. The number of aromatic nitrogens is 4. The molecule has 1 aliphatic rings. The van der Waals surface area contributed by atoms with Gasteiger partial charge in [0, 0.05) is 43.4 Å². The Morgan fingerprint density at radius 1 is 1.07 bits per heavy atom. The maximum Gasteiger partial charge on any atom is 0.248 e. The Hall–Kier alpha value is -5.15. The zero-order valence-corrected chi connectivity index (χ0v) is 25.2. The summed E-state index contributed by atoms with van der Waals surface area (Å²) in [5.74, 6) is 0.432. The number of nitrogens with two attached hydrogens (primary N) is 2. The third-order valence-corrected chi connectivity index (χ3v) is 8.12. The Bertz CT molecular complexity index is 1720. The van der Waals surface area contributed by atoms with Gasteiger partial charge in [-0.05, 0) is 75.4 Å². The van der Waals surface area contributed by atoms with Gasteiger partial charge in [0.2, 0.25) is 23.7 Å². The van der Waals surface area contributed by atoms with Crippen molar-refractivity contribution in [3.05, 3.63) is 64.5 Å². The van der Waals surface area contributed by atoms with Gasteiger partial charge in [0.05, 0.1) is 34.6 Å². The zero-order chi connectivity index (χ0) is 32.2. The van der Waals surface area contributed by atoms with Gasteiger partial charge in [-0.15, -0.1) is 0 Å². The lowest BCUT2D eigenvalue weighted by Crippen LogP contribution is -2.41. The van der Waals surface area contributed by atoms with Gasteiger partial charge in [-0.2, -0.15) is 5.10 Å². The highest BCUT2D eigenvalue weighted by Crippen LogP contribution is 2.29. The van der Waals surface area contributed by atoms with Crippen LogP contribution in [0.25, 0.3) is 11.0 Å². The van der Waals surface area contributed by atoms with Gasteiger partial charge in [-0.1, -0.05) is 0 Å². The first kappa shape index (κ1) is 31.3. The summed E-state index contributed by atoms with van der Waals surface area (Å²) in [6, 6.07) is 11.2. The van der Waals surface area contributed by atoms with Crippen molar-refractivity contribution in [2.75, 3.05) is 35.5 Å². The van der Waals surface area contributed by atoms with Crippen molar-refractivity contribution in [2.24, 2.45) is 17.4 Å². The Labute approximate surface area is 259 Å². The van der Waals surface area contributed by atoms with Crippen LogP contribution < -0.4 is 27.3 Å². The van der Waals surface area contributed by atoms with Gasteiger partial charge in [0.25, 0.3) is 0 Å². The number of nitrogens with one attached hydrogen (secondary N) is 2. The maximum absolute atomic E-state index is 12.9. The monoisotopic (exact) mass is 617 g/mol. The Morgan fingerprint density at radius 2 is 1.76 bits per heavy atom. The number of hydrogen-bond acceptors (Lipinski definition) is 10. The molecule has 0 atom stereocenters. The number of piperidine rings is 1. The lowest BCUT2D eigenvalue weighted by Gasteiger charge is -2.32. The number of carbonyl (C=O) groups is 3. The average molecular weight is 618 g/mol. The Balaban J connectivity index is 1.22. The normalized spacial score (nSPS) is 13.6. The van der Waals surface area contributed by atoms with E-state index in [0.717, 1.165) is 42.4 Å². The molecule has 0 radical (unpaired) electrons. The number of carbonyl (C=O) groups excluding carboxylic acids is 3. The molecule has 0 saturated carbocycles. The lowest BCUT2D eigenvalue weighted by atomic mass is 9.93. The molecule has 2 aromatic heterocycles. The quantitative estimate of drug-likeness (QED) is 0.147. The van der Waals surface area contributed by atoms with Crippen LogP contribution in [0.4, 0.5) is 23.1 Å². The largest absolute Gasteiger partial charge is 0.733 e. The molecule has 0 spiro atoms. The van der Waals surface area contributed by atoms with E-state index in [1.165, 1.54) is 12.1 Å². The van der Waals surface area contributed by atoms with Crippen LogP contribution in [-0.4, -0.2) is 66.8 Å². The zero-order valence-electron chi connectivity index (χ0n) is 25.2. The fourth-order valence-electron chi connectivity index (χ4n) is 5.66. The van der Waals surface area contributed by atoms with Crippen molar-refractivity contribution >= 4 is 51.9 Å². The maximum atomic E-state index is 12.9. The minimum atomic E-state index is -0.742. The average Bonchev–Trinajstić information content (AvgIpc) is 3.56. The van der Waals surface area contributed by atoms with Crippen molar-refractivity contribution < 1.29 is 19.6 Å². The summed E-state index contributed by atoms with van der Waals surface area (Å²) >= 11 is 0. The molecule has 0 aliphatic carbocycles. The van der Waals surface area contributed by atoms with E-state index in [9.17, 15) is 24.8 Å². The van der Waals surface area contributed by atoms with Crippen LogP contribution in [0.2, 0.25) is 0 Å². The van der Waals surface area contributed by atoms with Gasteiger partial charge in [-0.3, -0.25) is 19.6 Å². The molecule has 45 heavy (non-hydrogen) atoms. The molecule has 3 amide bonds. The van der Waals surface area contributed by atoms with E-state index < -0.39 is 11.8 Å². The molecule has 7 N–H and O–H groups in total. The lowest BCUT2D eigenvalue weighted by molar-refractivity contribution is -0.130. The van der Waals surface area contributed by atoms with Crippen LogP contribution in [0.1, 0.15) is 52.6 Å². The predicted molar refractivity (Wildman–Crippen MR) is 169 cm³/mol. The Morgan fingerprint density at radius 3 is 2.42 bits per heavy atom. The molecule has 0 unspecified atom stereocenters. The van der Waals surface area contributed by atoms with E-state index in [4.69, 9.17) is 16.5 Å². The van der Waals surface area contributed by atoms with E-state index in [1.807, 2.05) is 30.7 Å². The number of hydrogen-bond donors (Lipinski definition) is 5. The van der Waals surface area contributed by atoms with Gasteiger partial charge in [0.1, 0.15) is 5.82 Å². The molecular weight excluding hydrogens is 580 g/mol. The second kappa shape index (κ2) is 13.2. The highest BCUT2D eigenvalue weighted by atomic mass is 16.8. The second-order valence-corrected chi connectivity index (χ2v) is 11.1. The van der Waals surface area contributed by atoms with Crippen molar-refractivity contribution in [1.29, 1.82) is 0 Å². The molecule has 0 bridgehead atoms. The van der Waals surface area contributed by atoms with E-state index in [2.05, 4.69) is 20.3 Å². The summed E-state index contributed by atoms with van der Waals surface area (Å²) in [6.07, 6.45) is 2.49. The summed E-state index contributed by atoms with van der Waals surface area (Å²) in [5, 5.41) is 31.5. The van der Waals surface area contributed by atoms with E-state index in [-0.39, 0.29) is 34.6 Å². The number of nitrogens with zero attached hydrogens (tertiary/aromatic N) is 6. The molecule has 1 saturated heterocycles. The van der Waals surface area contributed by atoms with Crippen molar-refractivity contribution in [3.63, 3.8) is 0 Å². The standard InChI is InChI=1S/C30H37N10O5/c1-3-39-26(14-18(2)36-39)35-30-34-23-15-20(28(31)42)5-7-24(23)38(30)13-10-19-8-11-37(12-9-19)27(41)17-33-22-6-4-21(29(32)43)16-25(22)40(44)45/h4-7,14-16,19,33,44H,3,8-13,17H2,1-2H3,(H2,31,42)(H2,32,43)(H,34,35)/q-1. The summed E-state index contributed by atoms with van der Waals surface area (Å²) in [7, 11) is 0. The first-order valence-corrected chi connectivity index (χ1v) is 14.8. The van der Waals surface area contributed by atoms with Crippen LogP contribution in [-0.2, 0) is 17.9 Å². The molecule has 4 aromatic rings. The van der Waals surface area contributed by atoms with Crippen LogP contribution in [0, 0.1) is 18.0 Å². The number of rotatable bonds is 12. The molecular formula is C30H37N10O5-. The van der Waals surface area contributed by atoms with Crippen LogP contribution in [0.15, 0.2) is 42.5 Å². The van der Waals surface area contributed by atoms with Gasteiger partial charge < -0.3 is 42.0 Å². The summed E-state index contributed by atoms with van der Waals surface area (Å²) in [4.78, 5) is 42.7. The number of benzene rings is 2. The SMILES string of the molecule is CCn1nc(C)cc1Nc1nc2cc(C(N)=O)ccc2n1CCC1CCN(C(=O)CNc2ccc(C(N)=O)cc2N([O-])O)CC1. The first-order chi connectivity index (χ1) is 21.5. The predicted octanol–water partition coefficient (Wildman–Crippen LogP) is 2.94. The summed E-state index contributed by atoms with van der Waals surface area (Å²) in [6.45, 7) is 6.39. The van der Waals surface area contributed by atoms with Gasteiger partial charge >= 0.3 is 0 Å². The Kier molecular flexibility index (Phi) is 9.20. The third kappa shape index (κ3) is 6.99. The van der Waals surface area contributed by atoms with E-state index in [1.54, 1.807) is 17.0 Å². The third-order valence-electron chi connectivity index (χ3n) is 8.12.